The minimum atomic E-state index is -0.432. The number of benzene rings is 2. The maximum atomic E-state index is 12.6. The Balaban J connectivity index is 1.73. The predicted molar refractivity (Wildman–Crippen MR) is 110 cm³/mol. The Morgan fingerprint density at radius 2 is 1.67 bits per heavy atom. The maximum Gasteiger partial charge on any atom is 0.255 e. The van der Waals surface area contributed by atoms with E-state index in [9.17, 15) is 9.59 Å². The van der Waals surface area contributed by atoms with Gasteiger partial charge in [0.2, 0.25) is 5.91 Å². The molecule has 0 atom stereocenters. The minimum Gasteiger partial charge on any atom is -0.355 e. The fourth-order valence-electron chi connectivity index (χ4n) is 3.35. The molecule has 0 aliphatic heterocycles. The third kappa shape index (κ3) is 4.28. The topological polar surface area (TPSA) is 58.2 Å². The second-order valence-corrected chi connectivity index (χ2v) is 7.75. The summed E-state index contributed by atoms with van der Waals surface area (Å²) in [6.45, 7) is 2.73. The van der Waals surface area contributed by atoms with Crippen molar-refractivity contribution in [3.63, 3.8) is 0 Å². The Morgan fingerprint density at radius 3 is 2.19 bits per heavy atom. The average molecular weight is 405 g/mol. The molecule has 27 heavy (non-hydrogen) atoms. The zero-order valence-corrected chi connectivity index (χ0v) is 16.7. The third-order valence-electron chi connectivity index (χ3n) is 5.00. The summed E-state index contributed by atoms with van der Waals surface area (Å²) in [5, 5.41) is 6.67. The van der Waals surface area contributed by atoms with Crippen LogP contribution in [0.2, 0.25) is 10.0 Å². The molecule has 1 aliphatic carbocycles. The van der Waals surface area contributed by atoms with Crippen LogP contribution < -0.4 is 10.6 Å². The van der Waals surface area contributed by atoms with Crippen LogP contribution in [0.3, 0.4) is 0 Å². The number of nitrogens with one attached hydrogen (secondary N) is 2. The predicted octanol–water partition coefficient (Wildman–Crippen LogP) is 5.19. The standard InChI is InChI=1S/C21H22Cl2N2O2/c1-2-10-24-20(27)21(8-3-9-21)15-4-6-18(7-5-15)25-19(26)14-11-16(22)13-17(23)12-14/h4-7,11-13H,2-3,8-10H2,1H3,(H,24,27)(H,25,26). The molecule has 142 valence electrons. The molecule has 2 N–H and O–H groups in total. The average Bonchev–Trinajstić information content (AvgIpc) is 2.59. The van der Waals surface area contributed by atoms with E-state index in [4.69, 9.17) is 23.2 Å². The highest BCUT2D eigenvalue weighted by atomic mass is 35.5. The molecule has 0 radical (unpaired) electrons. The van der Waals surface area contributed by atoms with Crippen molar-refractivity contribution < 1.29 is 9.59 Å². The van der Waals surface area contributed by atoms with Crippen molar-refractivity contribution in [3.05, 3.63) is 63.6 Å². The molecule has 0 saturated heterocycles. The van der Waals surface area contributed by atoms with Crippen LogP contribution in [0.1, 0.15) is 48.5 Å². The van der Waals surface area contributed by atoms with Crippen LogP contribution in [0.15, 0.2) is 42.5 Å². The quantitative estimate of drug-likeness (QED) is 0.695. The Hall–Kier alpha value is -2.04. The summed E-state index contributed by atoms with van der Waals surface area (Å²) in [4.78, 5) is 25.0. The number of carbonyl (C=O) groups is 2. The second kappa shape index (κ2) is 8.32. The lowest BCUT2D eigenvalue weighted by Gasteiger charge is -2.40. The van der Waals surface area contributed by atoms with Gasteiger partial charge in [0, 0.05) is 27.8 Å². The van der Waals surface area contributed by atoms with Crippen LogP contribution in [0, 0.1) is 0 Å². The monoisotopic (exact) mass is 404 g/mol. The first-order valence-electron chi connectivity index (χ1n) is 9.11. The molecule has 1 aliphatic rings. The highest BCUT2D eigenvalue weighted by Crippen LogP contribution is 2.44. The summed E-state index contributed by atoms with van der Waals surface area (Å²) in [5.74, 6) is -0.188. The van der Waals surface area contributed by atoms with Crippen molar-refractivity contribution >= 4 is 40.7 Å². The molecule has 3 rings (SSSR count). The smallest absolute Gasteiger partial charge is 0.255 e. The van der Waals surface area contributed by atoms with Gasteiger partial charge in [-0.05, 0) is 55.2 Å². The number of amides is 2. The first-order chi connectivity index (χ1) is 12.9. The molecule has 2 aromatic rings. The van der Waals surface area contributed by atoms with Gasteiger partial charge in [0.1, 0.15) is 0 Å². The van der Waals surface area contributed by atoms with Gasteiger partial charge in [0.15, 0.2) is 0 Å². The largest absolute Gasteiger partial charge is 0.355 e. The molecule has 2 aromatic carbocycles. The van der Waals surface area contributed by atoms with Gasteiger partial charge in [-0.2, -0.15) is 0 Å². The van der Waals surface area contributed by atoms with Crippen molar-refractivity contribution in [3.8, 4) is 0 Å². The van der Waals surface area contributed by atoms with Crippen molar-refractivity contribution in [2.75, 3.05) is 11.9 Å². The van der Waals surface area contributed by atoms with E-state index in [2.05, 4.69) is 10.6 Å². The molecule has 6 heteroatoms. The van der Waals surface area contributed by atoms with E-state index in [-0.39, 0.29) is 11.8 Å². The van der Waals surface area contributed by atoms with E-state index < -0.39 is 5.41 Å². The fourth-order valence-corrected chi connectivity index (χ4v) is 3.87. The van der Waals surface area contributed by atoms with Gasteiger partial charge in [-0.25, -0.2) is 0 Å². The van der Waals surface area contributed by atoms with E-state index >= 15 is 0 Å². The van der Waals surface area contributed by atoms with E-state index in [1.165, 1.54) is 0 Å². The molecular formula is C21H22Cl2N2O2. The van der Waals surface area contributed by atoms with E-state index in [1.54, 1.807) is 18.2 Å². The fraction of sp³-hybridized carbons (Fsp3) is 0.333. The number of hydrogen-bond donors (Lipinski definition) is 2. The van der Waals surface area contributed by atoms with Crippen LogP contribution >= 0.6 is 23.2 Å². The van der Waals surface area contributed by atoms with Gasteiger partial charge in [-0.3, -0.25) is 9.59 Å². The molecule has 1 saturated carbocycles. The molecular weight excluding hydrogens is 383 g/mol. The molecule has 0 unspecified atom stereocenters. The van der Waals surface area contributed by atoms with E-state index in [0.29, 0.717) is 27.8 Å². The number of anilines is 1. The Bertz CT molecular complexity index is 826. The molecule has 0 spiro atoms. The summed E-state index contributed by atoms with van der Waals surface area (Å²) >= 11 is 11.9. The van der Waals surface area contributed by atoms with Gasteiger partial charge >= 0.3 is 0 Å². The lowest BCUT2D eigenvalue weighted by atomic mass is 9.64. The molecule has 4 nitrogen and oxygen atoms in total. The van der Waals surface area contributed by atoms with Gasteiger partial charge in [-0.15, -0.1) is 0 Å². The molecule has 0 bridgehead atoms. The van der Waals surface area contributed by atoms with Crippen molar-refractivity contribution in [2.45, 2.75) is 38.0 Å². The van der Waals surface area contributed by atoms with E-state index in [1.807, 2.05) is 31.2 Å². The van der Waals surface area contributed by atoms with Gasteiger partial charge in [0.25, 0.3) is 5.91 Å². The van der Waals surface area contributed by atoms with Crippen LogP contribution in [0.25, 0.3) is 0 Å². The number of halogens is 2. The second-order valence-electron chi connectivity index (χ2n) is 6.88. The lowest BCUT2D eigenvalue weighted by molar-refractivity contribution is -0.129. The van der Waals surface area contributed by atoms with Crippen LogP contribution in [-0.4, -0.2) is 18.4 Å². The Kier molecular flexibility index (Phi) is 6.08. The number of carbonyl (C=O) groups excluding carboxylic acids is 2. The van der Waals surface area contributed by atoms with Crippen molar-refractivity contribution in [2.24, 2.45) is 0 Å². The summed E-state index contributed by atoms with van der Waals surface area (Å²) < 4.78 is 0. The van der Waals surface area contributed by atoms with Crippen molar-refractivity contribution in [1.82, 2.24) is 5.32 Å². The van der Waals surface area contributed by atoms with Crippen LogP contribution in [0.4, 0.5) is 5.69 Å². The number of hydrogen-bond acceptors (Lipinski definition) is 2. The summed E-state index contributed by atoms with van der Waals surface area (Å²) in [5.41, 5.74) is 1.61. The zero-order valence-electron chi connectivity index (χ0n) is 15.1. The molecule has 0 aromatic heterocycles. The van der Waals surface area contributed by atoms with Crippen molar-refractivity contribution in [1.29, 1.82) is 0 Å². The van der Waals surface area contributed by atoms with Crippen LogP contribution in [0.5, 0.6) is 0 Å². The first kappa shape index (κ1) is 19.7. The van der Waals surface area contributed by atoms with Gasteiger partial charge < -0.3 is 10.6 Å². The van der Waals surface area contributed by atoms with Crippen LogP contribution in [-0.2, 0) is 10.2 Å². The Morgan fingerprint density at radius 1 is 1.04 bits per heavy atom. The highest BCUT2D eigenvalue weighted by Gasteiger charge is 2.45. The van der Waals surface area contributed by atoms with Gasteiger partial charge in [0.05, 0.1) is 5.41 Å². The summed E-state index contributed by atoms with van der Waals surface area (Å²) in [7, 11) is 0. The normalized spacial score (nSPS) is 14.9. The van der Waals surface area contributed by atoms with Gasteiger partial charge in [-0.1, -0.05) is 48.7 Å². The SMILES string of the molecule is CCCNC(=O)C1(c2ccc(NC(=O)c3cc(Cl)cc(Cl)c3)cc2)CCC1. The zero-order chi connectivity index (χ0) is 19.4. The summed E-state index contributed by atoms with van der Waals surface area (Å²) in [6.07, 6.45) is 3.68. The lowest BCUT2D eigenvalue weighted by Crippen LogP contribution is -2.49. The maximum absolute atomic E-state index is 12.6. The van der Waals surface area contributed by atoms with E-state index in [0.717, 1.165) is 31.2 Å². The molecule has 1 fully saturated rings. The highest BCUT2D eigenvalue weighted by molar-refractivity contribution is 6.35. The molecule has 0 heterocycles. The molecule has 2 amide bonds. The summed E-state index contributed by atoms with van der Waals surface area (Å²) in [6, 6.07) is 12.2. The first-order valence-corrected chi connectivity index (χ1v) is 9.86. The Labute approximate surface area is 169 Å². The third-order valence-corrected chi connectivity index (χ3v) is 5.43. The minimum absolute atomic E-state index is 0.0981. The number of rotatable bonds is 6.